The summed E-state index contributed by atoms with van der Waals surface area (Å²) >= 11 is 0. The molecule has 1 atom stereocenters. The van der Waals surface area contributed by atoms with Gasteiger partial charge in [0, 0.05) is 36.7 Å². The third-order valence-electron chi connectivity index (χ3n) is 4.15. The molecule has 3 rings (SSSR count). The number of hydrogen-bond acceptors (Lipinski definition) is 5. The Balaban J connectivity index is 1.90. The Morgan fingerprint density at radius 3 is 2.71 bits per heavy atom. The summed E-state index contributed by atoms with van der Waals surface area (Å²) in [6.45, 7) is 2.20. The van der Waals surface area contributed by atoms with Gasteiger partial charge in [-0.1, -0.05) is 12.2 Å². The monoisotopic (exact) mass is 425 g/mol. The van der Waals surface area contributed by atoms with E-state index < -0.39 is 17.5 Å². The summed E-state index contributed by atoms with van der Waals surface area (Å²) in [4.78, 5) is 20.7. The van der Waals surface area contributed by atoms with Crippen LogP contribution >= 0.6 is 0 Å². The van der Waals surface area contributed by atoms with E-state index in [1.54, 1.807) is 31.4 Å². The van der Waals surface area contributed by atoms with Gasteiger partial charge in [0.25, 0.3) is 5.91 Å². The molecule has 6 nitrogen and oxygen atoms in total. The molecule has 0 spiro atoms. The number of aromatic nitrogens is 2. The summed E-state index contributed by atoms with van der Waals surface area (Å²) in [5, 5.41) is 2.66. The van der Waals surface area contributed by atoms with Crippen LogP contribution in [0.2, 0.25) is 0 Å². The molecule has 1 N–H and O–H groups in total. The molecule has 0 aliphatic carbocycles. The van der Waals surface area contributed by atoms with Crippen LogP contribution in [0, 0.1) is 11.6 Å². The molecule has 2 aromatic carbocycles. The Morgan fingerprint density at radius 2 is 2.00 bits per heavy atom. The maximum atomic E-state index is 13.9. The van der Waals surface area contributed by atoms with Gasteiger partial charge in [0.2, 0.25) is 0 Å². The van der Waals surface area contributed by atoms with Crippen molar-refractivity contribution in [2.75, 3.05) is 19.0 Å². The zero-order valence-electron chi connectivity index (χ0n) is 17.0. The van der Waals surface area contributed by atoms with E-state index in [1.165, 1.54) is 36.8 Å². The predicted octanol–water partition coefficient (Wildman–Crippen LogP) is 4.59. The third kappa shape index (κ3) is 6.42. The van der Waals surface area contributed by atoms with Crippen LogP contribution in [0.1, 0.15) is 28.4 Å². The molecular weight excluding hydrogens is 404 g/mol. The summed E-state index contributed by atoms with van der Waals surface area (Å²) in [7, 11) is 1.57. The molecule has 0 radical (unpaired) electrons. The average Bonchev–Trinajstić information content (AvgIpc) is 2.74. The standard InChI is InChI=1S/C23H21F2N3O3/c1-15(14-30-2)31-20-10-16(3-4-17-5-6-19(24)12-21(17)25)9-18(11-20)23(29)28-22-13-26-7-8-27-22/h3-13,15H,14H2,1-2H3,(H,27,28,29)/b4-3+/t15-/m0/s1. The maximum Gasteiger partial charge on any atom is 0.257 e. The minimum atomic E-state index is -0.682. The Bertz CT molecular complexity index is 1070. The lowest BCUT2D eigenvalue weighted by atomic mass is 10.1. The second-order valence-electron chi connectivity index (χ2n) is 6.72. The first-order valence-electron chi connectivity index (χ1n) is 9.46. The van der Waals surface area contributed by atoms with Crippen LogP contribution < -0.4 is 10.1 Å². The molecule has 1 amide bonds. The van der Waals surface area contributed by atoms with Crippen molar-refractivity contribution in [3.8, 4) is 5.75 Å². The van der Waals surface area contributed by atoms with Crippen LogP contribution in [-0.2, 0) is 4.74 Å². The van der Waals surface area contributed by atoms with Crippen molar-refractivity contribution >= 4 is 23.9 Å². The number of halogens is 2. The van der Waals surface area contributed by atoms with Gasteiger partial charge in [0.05, 0.1) is 12.8 Å². The molecule has 0 saturated heterocycles. The van der Waals surface area contributed by atoms with Crippen molar-refractivity contribution in [3.05, 3.63) is 83.3 Å². The fourth-order valence-electron chi connectivity index (χ4n) is 2.79. The van der Waals surface area contributed by atoms with Gasteiger partial charge < -0.3 is 14.8 Å². The SMILES string of the molecule is COC[C@H](C)Oc1cc(/C=C/c2ccc(F)cc2F)cc(C(=O)Nc2cnccn2)c1. The van der Waals surface area contributed by atoms with E-state index in [4.69, 9.17) is 9.47 Å². The zero-order valence-corrected chi connectivity index (χ0v) is 17.0. The summed E-state index contributed by atoms with van der Waals surface area (Å²) in [6, 6.07) is 8.25. The summed E-state index contributed by atoms with van der Waals surface area (Å²) in [5.74, 6) is -1.00. The lowest BCUT2D eigenvalue weighted by Gasteiger charge is -2.15. The molecule has 0 bridgehead atoms. The van der Waals surface area contributed by atoms with Gasteiger partial charge in [-0.2, -0.15) is 0 Å². The predicted molar refractivity (Wildman–Crippen MR) is 114 cm³/mol. The van der Waals surface area contributed by atoms with Crippen LogP contribution in [0.3, 0.4) is 0 Å². The second kappa shape index (κ2) is 10.4. The van der Waals surface area contributed by atoms with Gasteiger partial charge in [-0.25, -0.2) is 13.8 Å². The number of rotatable bonds is 8. The van der Waals surface area contributed by atoms with E-state index in [9.17, 15) is 13.6 Å². The van der Waals surface area contributed by atoms with E-state index in [1.807, 2.05) is 6.92 Å². The average molecular weight is 425 g/mol. The molecule has 8 heteroatoms. The largest absolute Gasteiger partial charge is 0.488 e. The molecule has 0 aliphatic rings. The maximum absolute atomic E-state index is 13.9. The highest BCUT2D eigenvalue weighted by Gasteiger charge is 2.12. The van der Waals surface area contributed by atoms with Crippen molar-refractivity contribution < 1.29 is 23.0 Å². The number of ether oxygens (including phenoxy) is 2. The molecule has 0 aliphatic heterocycles. The molecule has 31 heavy (non-hydrogen) atoms. The van der Waals surface area contributed by atoms with Crippen LogP contribution in [0.25, 0.3) is 12.2 Å². The summed E-state index contributed by atoms with van der Waals surface area (Å²) in [6.07, 6.45) is 7.25. The van der Waals surface area contributed by atoms with Gasteiger partial charge >= 0.3 is 0 Å². The summed E-state index contributed by atoms with van der Waals surface area (Å²) in [5.41, 5.74) is 1.12. The van der Waals surface area contributed by atoms with Gasteiger partial charge in [0.15, 0.2) is 5.82 Å². The molecule has 1 aromatic heterocycles. The highest BCUT2D eigenvalue weighted by atomic mass is 19.1. The number of nitrogens with one attached hydrogen (secondary N) is 1. The third-order valence-corrected chi connectivity index (χ3v) is 4.15. The minimum absolute atomic E-state index is 0.214. The molecular formula is C23H21F2N3O3. The van der Waals surface area contributed by atoms with Crippen LogP contribution in [-0.4, -0.2) is 35.7 Å². The summed E-state index contributed by atoms with van der Waals surface area (Å²) < 4.78 is 38.0. The quantitative estimate of drug-likeness (QED) is 0.535. The first-order chi connectivity index (χ1) is 14.9. The number of anilines is 1. The molecule has 0 fully saturated rings. The Kier molecular flexibility index (Phi) is 7.40. The molecule has 160 valence electrons. The van der Waals surface area contributed by atoms with Crippen molar-refractivity contribution in [2.45, 2.75) is 13.0 Å². The number of hydrogen-bond donors (Lipinski definition) is 1. The minimum Gasteiger partial charge on any atom is -0.488 e. The van der Waals surface area contributed by atoms with E-state index in [2.05, 4.69) is 15.3 Å². The van der Waals surface area contributed by atoms with Crippen LogP contribution in [0.5, 0.6) is 5.75 Å². The van der Waals surface area contributed by atoms with E-state index in [-0.39, 0.29) is 11.7 Å². The topological polar surface area (TPSA) is 73.3 Å². The molecule has 0 saturated carbocycles. The van der Waals surface area contributed by atoms with Crippen molar-refractivity contribution in [2.24, 2.45) is 0 Å². The van der Waals surface area contributed by atoms with E-state index >= 15 is 0 Å². The van der Waals surface area contributed by atoms with Crippen molar-refractivity contribution in [1.82, 2.24) is 9.97 Å². The van der Waals surface area contributed by atoms with E-state index in [0.717, 1.165) is 6.07 Å². The number of methoxy groups -OCH3 is 1. The Morgan fingerprint density at radius 1 is 1.16 bits per heavy atom. The highest BCUT2D eigenvalue weighted by Crippen LogP contribution is 2.22. The van der Waals surface area contributed by atoms with Gasteiger partial charge in [-0.05, 0) is 42.8 Å². The molecule has 0 unspecified atom stereocenters. The Hall–Kier alpha value is -3.65. The van der Waals surface area contributed by atoms with Gasteiger partial charge in [-0.15, -0.1) is 0 Å². The van der Waals surface area contributed by atoms with Crippen molar-refractivity contribution in [1.29, 1.82) is 0 Å². The fourth-order valence-corrected chi connectivity index (χ4v) is 2.79. The second-order valence-corrected chi connectivity index (χ2v) is 6.72. The number of amides is 1. The van der Waals surface area contributed by atoms with Gasteiger partial charge in [-0.3, -0.25) is 9.78 Å². The number of nitrogens with zero attached hydrogens (tertiary/aromatic N) is 2. The Labute approximate surface area is 178 Å². The highest BCUT2D eigenvalue weighted by molar-refractivity contribution is 6.04. The first kappa shape index (κ1) is 22.0. The van der Waals surface area contributed by atoms with Gasteiger partial charge in [0.1, 0.15) is 23.5 Å². The number of carbonyl (C=O) groups excluding carboxylic acids is 1. The first-order valence-corrected chi connectivity index (χ1v) is 9.46. The normalized spacial score (nSPS) is 12.0. The van der Waals surface area contributed by atoms with Crippen molar-refractivity contribution in [3.63, 3.8) is 0 Å². The number of carbonyl (C=O) groups is 1. The molecule has 1 heterocycles. The van der Waals surface area contributed by atoms with Crippen LogP contribution in [0.15, 0.2) is 55.0 Å². The van der Waals surface area contributed by atoms with E-state index in [0.29, 0.717) is 29.3 Å². The smallest absolute Gasteiger partial charge is 0.257 e. The molecule has 3 aromatic rings. The van der Waals surface area contributed by atoms with Crippen LogP contribution in [0.4, 0.5) is 14.6 Å². The lowest BCUT2D eigenvalue weighted by molar-refractivity contribution is 0.0917. The number of benzene rings is 2. The zero-order chi connectivity index (χ0) is 22.2. The fraction of sp³-hybridized carbons (Fsp3) is 0.174. The lowest BCUT2D eigenvalue weighted by Crippen LogP contribution is -2.19.